The first-order valence-corrected chi connectivity index (χ1v) is 7.03. The number of anilines is 1. The van der Waals surface area contributed by atoms with Gasteiger partial charge >= 0.3 is 0 Å². The highest BCUT2D eigenvalue weighted by Crippen LogP contribution is 2.24. The first kappa shape index (κ1) is 14.1. The van der Waals surface area contributed by atoms with E-state index in [2.05, 4.69) is 44.4 Å². The molecular formula is C16H24N2O. The van der Waals surface area contributed by atoms with Crippen molar-refractivity contribution in [3.05, 3.63) is 29.8 Å². The molecule has 0 spiro atoms. The predicted octanol–water partition coefficient (Wildman–Crippen LogP) is 2.96. The van der Waals surface area contributed by atoms with Crippen LogP contribution < -0.4 is 10.6 Å². The van der Waals surface area contributed by atoms with Crippen LogP contribution in [-0.4, -0.2) is 18.0 Å². The molecule has 0 aromatic heterocycles. The summed E-state index contributed by atoms with van der Waals surface area (Å²) in [6.45, 7) is 8.71. The van der Waals surface area contributed by atoms with Crippen LogP contribution in [0.3, 0.4) is 0 Å². The molecule has 3 nitrogen and oxygen atoms in total. The van der Waals surface area contributed by atoms with Gasteiger partial charge in [0.05, 0.1) is 6.04 Å². The lowest BCUT2D eigenvalue weighted by Crippen LogP contribution is -2.48. The van der Waals surface area contributed by atoms with Crippen molar-refractivity contribution in [1.29, 1.82) is 0 Å². The van der Waals surface area contributed by atoms with Crippen molar-refractivity contribution in [3.63, 3.8) is 0 Å². The van der Waals surface area contributed by atoms with Gasteiger partial charge < -0.3 is 10.6 Å². The van der Waals surface area contributed by atoms with Crippen molar-refractivity contribution in [2.75, 3.05) is 5.32 Å². The maximum absolute atomic E-state index is 12.3. The normalized spacial score (nSPS) is 21.3. The van der Waals surface area contributed by atoms with Crippen molar-refractivity contribution in [3.8, 4) is 0 Å². The van der Waals surface area contributed by atoms with Crippen molar-refractivity contribution in [2.24, 2.45) is 5.41 Å². The lowest BCUT2D eigenvalue weighted by Gasteiger charge is -2.31. The van der Waals surface area contributed by atoms with Crippen LogP contribution in [0.4, 0.5) is 5.69 Å². The van der Waals surface area contributed by atoms with E-state index in [9.17, 15) is 4.79 Å². The van der Waals surface area contributed by atoms with Gasteiger partial charge in [0.2, 0.25) is 5.91 Å². The molecule has 0 bridgehead atoms. The van der Waals surface area contributed by atoms with Crippen molar-refractivity contribution in [2.45, 2.75) is 52.6 Å². The number of carbonyl (C=O) groups is 1. The zero-order valence-electron chi connectivity index (χ0n) is 12.3. The van der Waals surface area contributed by atoms with E-state index in [4.69, 9.17) is 0 Å². The molecule has 2 atom stereocenters. The van der Waals surface area contributed by atoms with Crippen molar-refractivity contribution >= 4 is 11.6 Å². The Morgan fingerprint density at radius 3 is 2.68 bits per heavy atom. The van der Waals surface area contributed by atoms with Crippen LogP contribution in [0.2, 0.25) is 0 Å². The zero-order valence-corrected chi connectivity index (χ0v) is 12.3. The fourth-order valence-corrected chi connectivity index (χ4v) is 2.22. The van der Waals surface area contributed by atoms with Crippen LogP contribution in [0.15, 0.2) is 24.3 Å². The number of fused-ring (bicyclic) bond motifs is 1. The highest BCUT2D eigenvalue weighted by Gasteiger charge is 2.28. The Labute approximate surface area is 115 Å². The van der Waals surface area contributed by atoms with Crippen LogP contribution in [0.25, 0.3) is 0 Å². The van der Waals surface area contributed by atoms with Gasteiger partial charge in [0.1, 0.15) is 0 Å². The second-order valence-corrected chi connectivity index (χ2v) is 6.49. The number of benzene rings is 1. The molecule has 1 aromatic carbocycles. The maximum atomic E-state index is 12.3. The second-order valence-electron chi connectivity index (χ2n) is 6.49. The summed E-state index contributed by atoms with van der Waals surface area (Å²) < 4.78 is 0. The van der Waals surface area contributed by atoms with Gasteiger partial charge in [0, 0.05) is 11.7 Å². The monoisotopic (exact) mass is 260 g/mol. The molecule has 0 radical (unpaired) electrons. The average Bonchev–Trinajstić information content (AvgIpc) is 2.48. The van der Waals surface area contributed by atoms with Crippen molar-refractivity contribution in [1.82, 2.24) is 5.32 Å². The van der Waals surface area contributed by atoms with E-state index in [1.54, 1.807) is 0 Å². The molecule has 1 aromatic rings. The van der Waals surface area contributed by atoms with E-state index < -0.39 is 0 Å². The van der Waals surface area contributed by atoms with E-state index in [0.717, 1.165) is 18.5 Å². The number of hydrogen-bond acceptors (Lipinski definition) is 2. The summed E-state index contributed by atoms with van der Waals surface area (Å²) in [4.78, 5) is 12.3. The molecule has 1 aliphatic rings. The molecule has 1 aliphatic heterocycles. The van der Waals surface area contributed by atoms with Crippen LogP contribution in [-0.2, 0) is 11.2 Å². The van der Waals surface area contributed by atoms with Crippen molar-refractivity contribution < 1.29 is 4.79 Å². The molecule has 2 N–H and O–H groups in total. The van der Waals surface area contributed by atoms with E-state index in [1.165, 1.54) is 5.56 Å². The van der Waals surface area contributed by atoms with Gasteiger partial charge in [0.15, 0.2) is 0 Å². The lowest BCUT2D eigenvalue weighted by atomic mass is 9.87. The Balaban J connectivity index is 2.09. The average molecular weight is 260 g/mol. The molecule has 0 aliphatic carbocycles. The molecule has 0 saturated heterocycles. The minimum absolute atomic E-state index is 0.0843. The molecule has 3 heteroatoms. The van der Waals surface area contributed by atoms with Crippen LogP contribution in [0.1, 0.15) is 39.7 Å². The van der Waals surface area contributed by atoms with E-state index in [0.29, 0.717) is 6.04 Å². The maximum Gasteiger partial charge on any atom is 0.241 e. The Morgan fingerprint density at radius 2 is 2.00 bits per heavy atom. The number of aryl methyl sites for hydroxylation is 1. The first-order chi connectivity index (χ1) is 8.88. The molecule has 0 saturated carbocycles. The molecule has 19 heavy (non-hydrogen) atoms. The quantitative estimate of drug-likeness (QED) is 0.858. The molecule has 2 unspecified atom stereocenters. The van der Waals surface area contributed by atoms with Gasteiger partial charge in [0.25, 0.3) is 0 Å². The molecule has 1 amide bonds. The second kappa shape index (κ2) is 5.33. The third-order valence-corrected chi connectivity index (χ3v) is 4.04. The van der Waals surface area contributed by atoms with Gasteiger partial charge in [-0.05, 0) is 36.8 Å². The summed E-state index contributed by atoms with van der Waals surface area (Å²) in [5, 5.41) is 6.50. The Morgan fingerprint density at radius 1 is 1.32 bits per heavy atom. The minimum Gasteiger partial charge on any atom is -0.324 e. The largest absolute Gasteiger partial charge is 0.324 e. The first-order valence-electron chi connectivity index (χ1n) is 7.03. The Hall–Kier alpha value is -1.35. The number of carbonyl (C=O) groups excluding carboxylic acids is 1. The molecule has 2 rings (SSSR count). The van der Waals surface area contributed by atoms with Gasteiger partial charge in [-0.1, -0.05) is 39.0 Å². The fourth-order valence-electron chi connectivity index (χ4n) is 2.22. The number of nitrogens with one attached hydrogen (secondary N) is 2. The topological polar surface area (TPSA) is 41.1 Å². The Bertz CT molecular complexity index is 462. The smallest absolute Gasteiger partial charge is 0.241 e. The van der Waals surface area contributed by atoms with Gasteiger partial charge in [-0.25, -0.2) is 0 Å². The van der Waals surface area contributed by atoms with Gasteiger partial charge in [-0.2, -0.15) is 0 Å². The SMILES string of the molecule is CC(NC1CCc2ccccc2NC1=O)C(C)(C)C. The highest BCUT2D eigenvalue weighted by molar-refractivity contribution is 5.96. The molecule has 0 fully saturated rings. The third kappa shape index (κ3) is 3.35. The summed E-state index contributed by atoms with van der Waals surface area (Å²) in [5.74, 6) is 0.0843. The number of hydrogen-bond donors (Lipinski definition) is 2. The molecular weight excluding hydrogens is 236 g/mol. The molecule has 104 valence electrons. The standard InChI is InChI=1S/C16H24N2O/c1-11(16(2,3)4)17-14-10-9-12-7-5-6-8-13(12)18-15(14)19/h5-8,11,14,17H,9-10H2,1-4H3,(H,18,19). The third-order valence-electron chi connectivity index (χ3n) is 4.04. The van der Waals surface area contributed by atoms with E-state index in [1.807, 2.05) is 18.2 Å². The summed E-state index contributed by atoms with van der Waals surface area (Å²) in [5.41, 5.74) is 2.34. The summed E-state index contributed by atoms with van der Waals surface area (Å²) in [6, 6.07) is 8.24. The van der Waals surface area contributed by atoms with Crippen LogP contribution in [0.5, 0.6) is 0 Å². The van der Waals surface area contributed by atoms with Crippen LogP contribution in [0, 0.1) is 5.41 Å². The number of amides is 1. The Kier molecular flexibility index (Phi) is 3.95. The van der Waals surface area contributed by atoms with Crippen LogP contribution >= 0.6 is 0 Å². The number of para-hydroxylation sites is 1. The lowest BCUT2D eigenvalue weighted by molar-refractivity contribution is -0.118. The minimum atomic E-state index is -0.110. The summed E-state index contributed by atoms with van der Waals surface area (Å²) in [6.07, 6.45) is 1.78. The summed E-state index contributed by atoms with van der Waals surface area (Å²) >= 11 is 0. The number of rotatable bonds is 2. The predicted molar refractivity (Wildman–Crippen MR) is 79.2 cm³/mol. The summed E-state index contributed by atoms with van der Waals surface area (Å²) in [7, 11) is 0. The van der Waals surface area contributed by atoms with E-state index in [-0.39, 0.29) is 17.4 Å². The fraction of sp³-hybridized carbons (Fsp3) is 0.562. The van der Waals surface area contributed by atoms with Gasteiger partial charge in [-0.3, -0.25) is 4.79 Å². The highest BCUT2D eigenvalue weighted by atomic mass is 16.2. The van der Waals surface area contributed by atoms with E-state index >= 15 is 0 Å². The molecule has 1 heterocycles. The zero-order chi connectivity index (χ0) is 14.0. The van der Waals surface area contributed by atoms with Gasteiger partial charge in [-0.15, -0.1) is 0 Å².